The van der Waals surface area contributed by atoms with Gasteiger partial charge in [0, 0.05) is 29.9 Å². The van der Waals surface area contributed by atoms with Gasteiger partial charge in [-0.2, -0.15) is 5.10 Å². The normalized spacial score (nSPS) is 11.4. The minimum absolute atomic E-state index is 0.0650. The van der Waals surface area contributed by atoms with Gasteiger partial charge in [0.1, 0.15) is 4.88 Å². The van der Waals surface area contributed by atoms with Crippen LogP contribution in [0, 0.1) is 6.92 Å². The quantitative estimate of drug-likeness (QED) is 0.398. The fourth-order valence-corrected chi connectivity index (χ4v) is 3.96. The van der Waals surface area contributed by atoms with Gasteiger partial charge in [-0.3, -0.25) is 9.89 Å². The molecule has 0 bridgehead atoms. The summed E-state index contributed by atoms with van der Waals surface area (Å²) in [5.74, 6) is 0.393. The van der Waals surface area contributed by atoms with E-state index in [2.05, 4.69) is 62.6 Å². The number of H-pyrrole nitrogens is 1. The van der Waals surface area contributed by atoms with E-state index in [0.29, 0.717) is 17.4 Å². The van der Waals surface area contributed by atoms with E-state index in [1.165, 1.54) is 11.3 Å². The number of hydrogen-bond acceptors (Lipinski definition) is 7. The Kier molecular flexibility index (Phi) is 6.00. The van der Waals surface area contributed by atoms with Crippen LogP contribution in [0.5, 0.6) is 0 Å². The standard InChI is InChI=1S/C23H25N7OS/c1-14-9-15(18-7-8-24-22(30-18)29-17-11-27-28-12-17)5-6-16(14)10-25-20(31)19-13-26-21(32-19)23(2,3)4/h5-9,11-13H,10H2,1-4H3,(H,25,31)(H,27,28)(H,24,29,30). The molecule has 164 valence electrons. The predicted octanol–water partition coefficient (Wildman–Crippen LogP) is 4.60. The summed E-state index contributed by atoms with van der Waals surface area (Å²) in [4.78, 5) is 26.4. The molecule has 3 aromatic heterocycles. The van der Waals surface area contributed by atoms with Crippen LogP contribution in [0.3, 0.4) is 0 Å². The number of nitrogens with one attached hydrogen (secondary N) is 3. The lowest BCUT2D eigenvalue weighted by atomic mass is 9.98. The van der Waals surface area contributed by atoms with Gasteiger partial charge in [-0.1, -0.05) is 32.9 Å². The summed E-state index contributed by atoms with van der Waals surface area (Å²) in [5, 5.41) is 13.7. The maximum atomic E-state index is 12.6. The third-order valence-electron chi connectivity index (χ3n) is 4.86. The lowest BCUT2D eigenvalue weighted by molar-refractivity contribution is 0.0954. The van der Waals surface area contributed by atoms with Gasteiger partial charge in [0.05, 0.1) is 28.8 Å². The van der Waals surface area contributed by atoms with Crippen molar-refractivity contribution in [2.24, 2.45) is 0 Å². The Bertz CT molecular complexity index is 1230. The number of anilines is 2. The van der Waals surface area contributed by atoms with Gasteiger partial charge in [-0.15, -0.1) is 11.3 Å². The van der Waals surface area contributed by atoms with Gasteiger partial charge >= 0.3 is 0 Å². The molecule has 4 aromatic rings. The number of amides is 1. The van der Waals surface area contributed by atoms with Crippen molar-refractivity contribution in [3.63, 3.8) is 0 Å². The molecule has 8 nitrogen and oxygen atoms in total. The molecule has 0 saturated heterocycles. The maximum Gasteiger partial charge on any atom is 0.263 e. The molecule has 0 aliphatic rings. The second-order valence-corrected chi connectivity index (χ2v) is 9.51. The molecule has 32 heavy (non-hydrogen) atoms. The summed E-state index contributed by atoms with van der Waals surface area (Å²) in [7, 11) is 0. The minimum Gasteiger partial charge on any atom is -0.347 e. The Balaban J connectivity index is 1.43. The number of nitrogens with zero attached hydrogens (tertiary/aromatic N) is 4. The van der Waals surface area contributed by atoms with Crippen LogP contribution in [0.1, 0.15) is 46.6 Å². The van der Waals surface area contributed by atoms with Crippen LogP contribution in [0.25, 0.3) is 11.3 Å². The predicted molar refractivity (Wildman–Crippen MR) is 126 cm³/mol. The molecule has 3 N–H and O–H groups in total. The Morgan fingerprint density at radius 2 is 2.00 bits per heavy atom. The number of benzene rings is 1. The van der Waals surface area contributed by atoms with E-state index in [1.54, 1.807) is 24.8 Å². The van der Waals surface area contributed by atoms with Crippen LogP contribution in [-0.4, -0.2) is 31.1 Å². The largest absolute Gasteiger partial charge is 0.347 e. The Hall–Kier alpha value is -3.59. The van der Waals surface area contributed by atoms with Crippen LogP contribution in [0.4, 0.5) is 11.6 Å². The molecule has 1 aromatic carbocycles. The highest BCUT2D eigenvalue weighted by atomic mass is 32.1. The average Bonchev–Trinajstić information content (AvgIpc) is 3.45. The van der Waals surface area contributed by atoms with Crippen LogP contribution in [0.2, 0.25) is 0 Å². The summed E-state index contributed by atoms with van der Waals surface area (Å²) in [6.07, 6.45) is 6.77. The fraction of sp³-hybridized carbons (Fsp3) is 0.261. The fourth-order valence-electron chi connectivity index (χ4n) is 3.07. The molecular formula is C23H25N7OS. The second kappa shape index (κ2) is 8.88. The van der Waals surface area contributed by atoms with E-state index in [-0.39, 0.29) is 11.3 Å². The Labute approximate surface area is 190 Å². The van der Waals surface area contributed by atoms with Crippen LogP contribution in [0.15, 0.2) is 49.1 Å². The molecule has 0 aliphatic heterocycles. The van der Waals surface area contributed by atoms with E-state index in [4.69, 9.17) is 0 Å². The number of carbonyl (C=O) groups excluding carboxylic acids is 1. The van der Waals surface area contributed by atoms with E-state index in [9.17, 15) is 4.79 Å². The maximum absolute atomic E-state index is 12.6. The molecule has 0 spiro atoms. The van der Waals surface area contributed by atoms with Crippen molar-refractivity contribution < 1.29 is 4.79 Å². The number of aromatic amines is 1. The van der Waals surface area contributed by atoms with Crippen molar-refractivity contribution in [3.05, 3.63) is 70.1 Å². The van der Waals surface area contributed by atoms with E-state index in [1.807, 2.05) is 25.1 Å². The van der Waals surface area contributed by atoms with Crippen molar-refractivity contribution in [1.82, 2.24) is 30.5 Å². The summed E-state index contributed by atoms with van der Waals surface area (Å²) in [5.41, 5.74) is 4.64. The molecule has 0 saturated carbocycles. The third kappa shape index (κ3) is 5.00. The van der Waals surface area contributed by atoms with Gasteiger partial charge in [0.15, 0.2) is 0 Å². The van der Waals surface area contributed by atoms with Crippen LogP contribution >= 0.6 is 11.3 Å². The third-order valence-corrected chi connectivity index (χ3v) is 6.28. The molecular weight excluding hydrogens is 422 g/mol. The topological polar surface area (TPSA) is 108 Å². The highest BCUT2D eigenvalue weighted by Gasteiger charge is 2.20. The molecule has 1 amide bonds. The second-order valence-electron chi connectivity index (χ2n) is 8.48. The molecule has 0 atom stereocenters. The van der Waals surface area contributed by atoms with Crippen molar-refractivity contribution in [3.8, 4) is 11.3 Å². The molecule has 0 radical (unpaired) electrons. The van der Waals surface area contributed by atoms with E-state index < -0.39 is 0 Å². The van der Waals surface area contributed by atoms with Crippen molar-refractivity contribution in [1.29, 1.82) is 0 Å². The SMILES string of the molecule is Cc1cc(-c2ccnc(Nc3cn[nH]c3)n2)ccc1CNC(=O)c1cnc(C(C)(C)C)s1. The Morgan fingerprint density at radius 1 is 1.16 bits per heavy atom. The highest BCUT2D eigenvalue weighted by molar-refractivity contribution is 7.13. The van der Waals surface area contributed by atoms with Gasteiger partial charge in [-0.25, -0.2) is 15.0 Å². The summed E-state index contributed by atoms with van der Waals surface area (Å²) >= 11 is 1.44. The summed E-state index contributed by atoms with van der Waals surface area (Å²) in [6.45, 7) is 8.75. The monoisotopic (exact) mass is 447 g/mol. The molecule has 0 unspecified atom stereocenters. The van der Waals surface area contributed by atoms with Gasteiger partial charge in [-0.05, 0) is 30.2 Å². The van der Waals surface area contributed by atoms with Crippen molar-refractivity contribution >= 4 is 28.9 Å². The lowest BCUT2D eigenvalue weighted by Crippen LogP contribution is -2.22. The van der Waals surface area contributed by atoms with Crippen molar-refractivity contribution in [2.45, 2.75) is 39.7 Å². The summed E-state index contributed by atoms with van der Waals surface area (Å²) < 4.78 is 0. The molecule has 0 aliphatic carbocycles. The zero-order valence-corrected chi connectivity index (χ0v) is 19.2. The van der Waals surface area contributed by atoms with Crippen LogP contribution < -0.4 is 10.6 Å². The Morgan fingerprint density at radius 3 is 2.69 bits per heavy atom. The number of aromatic nitrogens is 5. The van der Waals surface area contributed by atoms with Crippen molar-refractivity contribution in [2.75, 3.05) is 5.32 Å². The smallest absolute Gasteiger partial charge is 0.263 e. The zero-order chi connectivity index (χ0) is 22.7. The van der Waals surface area contributed by atoms with Gasteiger partial charge in [0.2, 0.25) is 5.95 Å². The average molecular weight is 448 g/mol. The first kappa shape index (κ1) is 21.6. The number of aryl methyl sites for hydroxylation is 1. The first-order valence-corrected chi connectivity index (χ1v) is 11.0. The molecule has 9 heteroatoms. The minimum atomic E-state index is -0.104. The van der Waals surface area contributed by atoms with E-state index >= 15 is 0 Å². The number of thiazole rings is 1. The first-order valence-electron chi connectivity index (χ1n) is 10.2. The molecule has 3 heterocycles. The van der Waals surface area contributed by atoms with Gasteiger partial charge < -0.3 is 10.6 Å². The summed E-state index contributed by atoms with van der Waals surface area (Å²) in [6, 6.07) is 7.95. The van der Waals surface area contributed by atoms with Gasteiger partial charge in [0.25, 0.3) is 5.91 Å². The number of hydrogen-bond donors (Lipinski definition) is 3. The number of carbonyl (C=O) groups is 1. The lowest BCUT2D eigenvalue weighted by Gasteiger charge is -2.13. The highest BCUT2D eigenvalue weighted by Crippen LogP contribution is 2.27. The zero-order valence-electron chi connectivity index (χ0n) is 18.4. The number of rotatable bonds is 6. The first-order chi connectivity index (χ1) is 15.3. The van der Waals surface area contributed by atoms with Crippen LogP contribution in [-0.2, 0) is 12.0 Å². The molecule has 4 rings (SSSR count). The van der Waals surface area contributed by atoms with E-state index in [0.717, 1.165) is 33.1 Å². The molecule has 0 fully saturated rings.